The summed E-state index contributed by atoms with van der Waals surface area (Å²) in [5.74, 6) is -15.9. The average Bonchev–Trinajstić information content (AvgIpc) is 1.43. The summed E-state index contributed by atoms with van der Waals surface area (Å²) in [6, 6.07) is 9.06. The van der Waals surface area contributed by atoms with Crippen LogP contribution in [-0.2, 0) is 37.9 Å². The second-order valence-corrected chi connectivity index (χ2v) is 22.7. The molecular weight excluding hydrogens is 1280 g/mol. The van der Waals surface area contributed by atoms with E-state index in [9.17, 15) is 79.2 Å². The topological polar surface area (TPSA) is 519 Å². The summed E-state index contributed by atoms with van der Waals surface area (Å²) in [5, 5.41) is 120. The van der Waals surface area contributed by atoms with E-state index in [2.05, 4.69) is 0 Å². The number of aromatic hydroxyl groups is 4. The second kappa shape index (κ2) is 22.3. The molecular formula is C64H60O32. The average molecular weight is 1340 g/mol. The largest absolute Gasteiger partial charge is 0.507 e. The molecule has 0 saturated carbocycles. The van der Waals surface area contributed by atoms with Crippen molar-refractivity contribution in [1.82, 2.24) is 0 Å². The fourth-order valence-corrected chi connectivity index (χ4v) is 15.0. The van der Waals surface area contributed by atoms with Crippen LogP contribution in [0.1, 0.15) is 111 Å². The lowest BCUT2D eigenvalue weighted by Gasteiger charge is -2.39. The van der Waals surface area contributed by atoms with E-state index in [4.69, 9.17) is 76.0 Å². The van der Waals surface area contributed by atoms with Gasteiger partial charge in [0, 0.05) is 126 Å². The molecule has 4 aromatic carbocycles. The molecule has 4 aromatic heterocycles. The van der Waals surface area contributed by atoms with E-state index in [-0.39, 0.29) is 89.2 Å². The van der Waals surface area contributed by atoms with Crippen LogP contribution < -0.4 is 21.7 Å². The summed E-state index contributed by atoms with van der Waals surface area (Å²) in [4.78, 5) is 108. The van der Waals surface area contributed by atoms with Gasteiger partial charge in [-0.15, -0.1) is 0 Å². The highest BCUT2D eigenvalue weighted by molar-refractivity contribution is 6.16. The molecule has 4 fully saturated rings. The third-order valence-electron chi connectivity index (χ3n) is 18.7. The van der Waals surface area contributed by atoms with Crippen molar-refractivity contribution >= 4 is 67.0 Å². The van der Waals surface area contributed by atoms with Gasteiger partial charge in [0.1, 0.15) is 114 Å². The standard InChI is InChI=1S/2C30H22O14.4CH4O/c2*1-9-5-13(31)19-15(41-9)7-11-17(21(19)33)25(37)27(29(39-3,43-27)23(11)35)28-26(38)18-12(24(36)30(28,40-4)44-28)8-16-20(22(18)34)14(32)6-10(2)42-16;4*1-2/h2*5-8,25-26,33-34,37-38H,1-4H3;4*2H,1H3/t2*25-,26-,27+,28+,29+,30+;;;;/m11..../s1. The number of aliphatic hydroxyl groups excluding tert-OH is 8. The smallest absolute Gasteiger partial charge is 0.271 e. The van der Waals surface area contributed by atoms with Crippen molar-refractivity contribution in [3.63, 3.8) is 0 Å². The van der Waals surface area contributed by atoms with Gasteiger partial charge in [-0.3, -0.25) is 38.4 Å². The molecule has 0 amide bonds. The number of ketones is 4. The second-order valence-electron chi connectivity index (χ2n) is 22.7. The number of methoxy groups -OCH3 is 4. The minimum absolute atomic E-state index is 0.147. The lowest BCUT2D eigenvalue weighted by atomic mass is 9.63. The van der Waals surface area contributed by atoms with Gasteiger partial charge in [0.25, 0.3) is 23.1 Å². The Balaban J connectivity index is 0.000000177. The van der Waals surface area contributed by atoms with Crippen molar-refractivity contribution in [2.75, 3.05) is 56.9 Å². The van der Waals surface area contributed by atoms with Crippen LogP contribution in [0.25, 0.3) is 43.9 Å². The number of aliphatic hydroxyl groups is 8. The van der Waals surface area contributed by atoms with Crippen LogP contribution in [0.4, 0.5) is 0 Å². The van der Waals surface area contributed by atoms with E-state index in [1.807, 2.05) is 0 Å². The molecule has 4 aliphatic carbocycles. The molecule has 0 spiro atoms. The number of rotatable bonds is 6. The first-order valence-corrected chi connectivity index (χ1v) is 28.5. The number of aryl methyl sites for hydroxylation is 4. The molecule has 0 unspecified atom stereocenters. The number of ether oxygens (including phenoxy) is 8. The minimum atomic E-state index is -2.49. The van der Waals surface area contributed by atoms with Crippen LogP contribution in [0.3, 0.4) is 0 Å². The highest BCUT2D eigenvalue weighted by Gasteiger charge is 3.04. The van der Waals surface area contributed by atoms with Crippen LogP contribution in [0.2, 0.25) is 0 Å². The van der Waals surface area contributed by atoms with Crippen molar-refractivity contribution in [2.24, 2.45) is 0 Å². The zero-order valence-electron chi connectivity index (χ0n) is 52.5. The first-order chi connectivity index (χ1) is 45.6. The van der Waals surface area contributed by atoms with Crippen LogP contribution in [0.5, 0.6) is 23.0 Å². The predicted molar refractivity (Wildman–Crippen MR) is 319 cm³/mol. The minimum Gasteiger partial charge on any atom is -0.507 e. The van der Waals surface area contributed by atoms with Crippen molar-refractivity contribution in [1.29, 1.82) is 0 Å². The SMILES string of the molecule is CO.CO.CO.CO.CO[C@@]12O[C@]1([C@]13O[C@@]1(OC)C(=O)c1cc4oc(C)cc(=O)c4c(O)c1[C@H]3O)[C@H](O)c1c(cc3oc(C)cc(=O)c3c1O)C2=O.CO[C@@]12O[C@]1([C@]13O[C@@]1(OC)C(=O)c1cc4oc(C)cc(=O)c4c(O)c1[C@H]3O)[C@H](O)c1c(cc3oc(C)cc(=O)c3c1O)C2=O. The van der Waals surface area contributed by atoms with Gasteiger partial charge in [0.2, 0.25) is 45.5 Å². The number of benzene rings is 4. The lowest BCUT2D eigenvalue weighted by Crippen LogP contribution is -2.60. The fraction of sp³-hybridized carbons (Fsp3) is 0.375. The third kappa shape index (κ3) is 7.59. The Hall–Kier alpha value is -9.04. The van der Waals surface area contributed by atoms with E-state index in [1.165, 1.54) is 27.7 Å². The number of carbonyl (C=O) groups excluding carboxylic acids is 4. The molecule has 4 saturated heterocycles. The third-order valence-corrected chi connectivity index (χ3v) is 18.7. The zero-order valence-corrected chi connectivity index (χ0v) is 52.5. The van der Waals surface area contributed by atoms with E-state index in [1.54, 1.807) is 0 Å². The zero-order chi connectivity index (χ0) is 70.9. The number of hydrogen-bond donors (Lipinski definition) is 12. The number of hydrogen-bond acceptors (Lipinski definition) is 32. The van der Waals surface area contributed by atoms with Crippen LogP contribution in [0, 0.1) is 27.7 Å². The molecule has 96 heavy (non-hydrogen) atoms. The van der Waals surface area contributed by atoms with Crippen molar-refractivity contribution < 1.29 is 136 Å². The van der Waals surface area contributed by atoms with Gasteiger partial charge in [-0.05, 0) is 52.0 Å². The first-order valence-electron chi connectivity index (χ1n) is 28.5. The van der Waals surface area contributed by atoms with Gasteiger partial charge in [-0.2, -0.15) is 0 Å². The summed E-state index contributed by atoms with van der Waals surface area (Å²) in [5.41, 5.74) is -16.4. The van der Waals surface area contributed by atoms with Gasteiger partial charge < -0.3 is 117 Å². The highest BCUT2D eigenvalue weighted by Crippen LogP contribution is 2.82. The summed E-state index contributed by atoms with van der Waals surface area (Å²) < 4.78 is 68.2. The quantitative estimate of drug-likeness (QED) is 0.104. The Kier molecular flexibility index (Phi) is 15.8. The summed E-state index contributed by atoms with van der Waals surface area (Å²) in [7, 11) is 8.33. The number of phenolic OH excluding ortho intramolecular Hbond substituents is 4. The van der Waals surface area contributed by atoms with Gasteiger partial charge >= 0.3 is 0 Å². The van der Waals surface area contributed by atoms with Crippen molar-refractivity contribution in [2.45, 2.75) is 97.7 Å². The number of fused-ring (bicyclic) bond motifs is 14. The maximum Gasteiger partial charge on any atom is 0.271 e. The maximum atomic E-state index is 14.1. The first kappa shape index (κ1) is 68.3. The maximum absolute atomic E-state index is 14.1. The van der Waals surface area contributed by atoms with Crippen LogP contribution in [0.15, 0.2) is 85.4 Å². The molecule has 8 aromatic rings. The van der Waals surface area contributed by atoms with E-state index in [0.29, 0.717) is 0 Å². The van der Waals surface area contributed by atoms with E-state index >= 15 is 0 Å². The molecule has 16 rings (SSSR count). The number of carbonyl (C=O) groups is 4. The van der Waals surface area contributed by atoms with Crippen LogP contribution >= 0.6 is 0 Å². The molecule has 4 aliphatic heterocycles. The molecule has 32 nitrogen and oxygen atoms in total. The normalized spacial score (nSPS) is 30.6. The van der Waals surface area contributed by atoms with Gasteiger partial charge in [-0.1, -0.05) is 0 Å². The summed E-state index contributed by atoms with van der Waals surface area (Å²) >= 11 is 0. The summed E-state index contributed by atoms with van der Waals surface area (Å²) in [6.45, 7) is 5.99. The number of Topliss-reactive ketones (excluding diaryl/α,β-unsaturated/α-hetero) is 4. The Bertz CT molecular complexity index is 4400. The molecule has 8 heterocycles. The molecule has 12 N–H and O–H groups in total. The predicted octanol–water partition coefficient (Wildman–Crippen LogP) is 1.05. The highest BCUT2D eigenvalue weighted by atomic mass is 16.9. The Morgan fingerprint density at radius 3 is 0.635 bits per heavy atom. The monoisotopic (exact) mass is 1340 g/mol. The molecule has 8 aliphatic rings. The van der Waals surface area contributed by atoms with Crippen molar-refractivity contribution in [3.8, 4) is 23.0 Å². The molecule has 0 radical (unpaired) electrons. The lowest BCUT2D eigenvalue weighted by molar-refractivity contribution is -0.0577. The molecule has 32 heteroatoms. The van der Waals surface area contributed by atoms with E-state index < -0.39 is 160 Å². The Morgan fingerprint density at radius 1 is 0.312 bits per heavy atom. The summed E-state index contributed by atoms with van der Waals surface area (Å²) in [6.07, 6.45) is -8.40. The Labute approximate surface area is 535 Å². The van der Waals surface area contributed by atoms with Crippen molar-refractivity contribution in [3.05, 3.63) is 157 Å². The number of epoxide rings is 4. The van der Waals surface area contributed by atoms with Gasteiger partial charge in [0.15, 0.2) is 21.7 Å². The molecule has 508 valence electrons. The fourth-order valence-electron chi connectivity index (χ4n) is 15.0. The van der Waals surface area contributed by atoms with Crippen LogP contribution in [-0.4, -0.2) is 187 Å². The Morgan fingerprint density at radius 2 is 0.479 bits per heavy atom. The van der Waals surface area contributed by atoms with E-state index in [0.717, 1.165) is 105 Å². The van der Waals surface area contributed by atoms with Gasteiger partial charge in [0.05, 0.1) is 0 Å². The molecule has 0 bridgehead atoms. The molecule has 12 atom stereocenters. The number of phenols is 4. The van der Waals surface area contributed by atoms with Gasteiger partial charge in [-0.25, -0.2) is 0 Å².